The molecular formula is C23H30Cl2N4O4. The number of benzene rings is 1. The second-order valence-electron chi connectivity index (χ2n) is 7.98. The summed E-state index contributed by atoms with van der Waals surface area (Å²) in [4.78, 5) is 25.0. The van der Waals surface area contributed by atoms with E-state index in [1.807, 2.05) is 53.7 Å². The second kappa shape index (κ2) is 11.5. The third kappa shape index (κ3) is 5.34. The minimum Gasteiger partial charge on any atom is -1.00 e. The summed E-state index contributed by atoms with van der Waals surface area (Å²) in [6.07, 6.45) is 5.36. The number of ketones is 1. The Morgan fingerprint density at radius 1 is 1.27 bits per heavy atom. The zero-order valence-corrected chi connectivity index (χ0v) is 20.4. The number of ether oxygens (including phenoxy) is 2. The van der Waals surface area contributed by atoms with Crippen LogP contribution in [0.2, 0.25) is 0 Å². The van der Waals surface area contributed by atoms with Gasteiger partial charge in [-0.15, -0.1) is 12.4 Å². The van der Waals surface area contributed by atoms with Gasteiger partial charge in [0.05, 0.1) is 12.5 Å². The van der Waals surface area contributed by atoms with Crippen LogP contribution in [0.15, 0.2) is 36.7 Å². The first-order valence-electron chi connectivity index (χ1n) is 10.7. The molecule has 4 rings (SSSR count). The van der Waals surface area contributed by atoms with Crippen LogP contribution < -0.4 is 22.7 Å². The number of rotatable bonds is 7. The summed E-state index contributed by atoms with van der Waals surface area (Å²) in [5.41, 5.74) is 8.48. The summed E-state index contributed by atoms with van der Waals surface area (Å²) in [5, 5.41) is 1.04. The lowest BCUT2D eigenvalue weighted by molar-refractivity contribution is -0.732. The lowest BCUT2D eigenvalue weighted by Crippen LogP contribution is -3.00. The molecule has 1 aromatic carbocycles. The van der Waals surface area contributed by atoms with Crippen LogP contribution in [-0.2, 0) is 36.2 Å². The topological polar surface area (TPSA) is 92.4 Å². The van der Waals surface area contributed by atoms with E-state index in [9.17, 15) is 9.59 Å². The van der Waals surface area contributed by atoms with Gasteiger partial charge in [0.15, 0.2) is 5.78 Å². The Morgan fingerprint density at radius 3 is 2.79 bits per heavy atom. The highest BCUT2D eigenvalue weighted by Gasteiger charge is 2.33. The molecule has 0 saturated heterocycles. The summed E-state index contributed by atoms with van der Waals surface area (Å²) in [5.74, 6) is 1.03. The van der Waals surface area contributed by atoms with E-state index in [1.165, 1.54) is 0 Å². The standard InChI is InChI=1S/C23H29N4O4.2ClH/c1-16-26(11-12-27(16)15-31-23(29)30-13-5-10-24)14-17-8-9-20-21(22(17)28)18-6-3-4-7-19(18)25(20)2;;/h3-4,6-7,11-12,17H,5,8-10,13-15,24H2,1-2H3;2*1H/q+1;;/p-1. The number of carbonyl (C=O) groups excluding carboxylic acids is 2. The predicted molar refractivity (Wildman–Crippen MR) is 122 cm³/mol. The normalized spacial score (nSPS) is 14.9. The highest BCUT2D eigenvalue weighted by atomic mass is 35.5. The molecule has 33 heavy (non-hydrogen) atoms. The zero-order valence-electron chi connectivity index (χ0n) is 18.8. The van der Waals surface area contributed by atoms with Crippen molar-refractivity contribution in [2.24, 2.45) is 18.7 Å². The molecule has 1 atom stereocenters. The van der Waals surface area contributed by atoms with E-state index in [1.54, 1.807) is 0 Å². The van der Waals surface area contributed by atoms with E-state index in [4.69, 9.17) is 15.2 Å². The maximum absolute atomic E-state index is 13.4. The molecule has 2 heterocycles. The van der Waals surface area contributed by atoms with E-state index in [2.05, 4.69) is 10.6 Å². The first-order chi connectivity index (χ1) is 15.0. The highest BCUT2D eigenvalue weighted by Crippen LogP contribution is 2.34. The molecule has 180 valence electrons. The van der Waals surface area contributed by atoms with Crippen molar-refractivity contribution in [2.75, 3.05) is 13.2 Å². The highest BCUT2D eigenvalue weighted by molar-refractivity contribution is 6.11. The fourth-order valence-electron chi connectivity index (χ4n) is 4.35. The van der Waals surface area contributed by atoms with Gasteiger partial charge in [-0.3, -0.25) is 4.79 Å². The van der Waals surface area contributed by atoms with Crippen molar-refractivity contribution in [3.8, 4) is 0 Å². The average Bonchev–Trinajstić information content (AvgIpc) is 3.27. The Labute approximate surface area is 205 Å². The Bertz CT molecular complexity index is 1130. The van der Waals surface area contributed by atoms with Crippen LogP contribution in [0.25, 0.3) is 10.9 Å². The van der Waals surface area contributed by atoms with Crippen molar-refractivity contribution in [1.82, 2.24) is 9.13 Å². The molecule has 0 spiro atoms. The number of hydrogen-bond acceptors (Lipinski definition) is 5. The monoisotopic (exact) mass is 496 g/mol. The maximum atomic E-state index is 13.4. The van der Waals surface area contributed by atoms with Gasteiger partial charge in [0.1, 0.15) is 18.9 Å². The Hall–Kier alpha value is -2.55. The molecule has 2 aromatic heterocycles. The molecule has 0 fully saturated rings. The minimum atomic E-state index is -0.709. The van der Waals surface area contributed by atoms with Gasteiger partial charge in [-0.1, -0.05) is 18.2 Å². The van der Waals surface area contributed by atoms with E-state index < -0.39 is 6.16 Å². The first-order valence-corrected chi connectivity index (χ1v) is 10.7. The fourth-order valence-corrected chi connectivity index (χ4v) is 4.35. The van der Waals surface area contributed by atoms with Gasteiger partial charge in [-0.25, -0.2) is 9.36 Å². The maximum Gasteiger partial charge on any atom is 0.511 e. The van der Waals surface area contributed by atoms with Gasteiger partial charge in [-0.2, -0.15) is 4.57 Å². The third-order valence-corrected chi connectivity index (χ3v) is 6.14. The number of imidazole rings is 1. The van der Waals surface area contributed by atoms with E-state index >= 15 is 0 Å². The van der Waals surface area contributed by atoms with Crippen LogP contribution in [-0.4, -0.2) is 34.2 Å². The van der Waals surface area contributed by atoms with Gasteiger partial charge in [-0.05, 0) is 31.9 Å². The Morgan fingerprint density at radius 2 is 2.03 bits per heavy atom. The number of aryl methyl sites for hydroxylation is 1. The molecule has 0 amide bonds. The summed E-state index contributed by atoms with van der Waals surface area (Å²) < 4.78 is 16.1. The Balaban J connectivity index is 0.00000193. The molecule has 0 aliphatic heterocycles. The summed E-state index contributed by atoms with van der Waals surface area (Å²) in [6.45, 7) is 3.32. The minimum absolute atomic E-state index is 0. The summed E-state index contributed by atoms with van der Waals surface area (Å²) in [6, 6.07) is 8.09. The van der Waals surface area contributed by atoms with E-state index in [0.717, 1.165) is 40.8 Å². The number of aromatic nitrogens is 3. The van der Waals surface area contributed by atoms with Crippen molar-refractivity contribution in [1.29, 1.82) is 0 Å². The molecular weight excluding hydrogens is 467 g/mol. The SMILES string of the molecule is Cc1n(CC2CCc3c(c4ccccc4n3C)C2=O)cc[n+]1COC(=O)OCCCN.Cl.[Cl-]. The smallest absolute Gasteiger partial charge is 0.511 e. The van der Waals surface area contributed by atoms with Crippen LogP contribution in [0.5, 0.6) is 0 Å². The molecule has 10 heteroatoms. The quantitative estimate of drug-likeness (QED) is 0.280. The van der Waals surface area contributed by atoms with Crippen LogP contribution in [0.1, 0.15) is 34.7 Å². The molecule has 1 aliphatic carbocycles. The number of fused-ring (bicyclic) bond motifs is 3. The van der Waals surface area contributed by atoms with Gasteiger partial charge >= 0.3 is 6.16 Å². The van der Waals surface area contributed by atoms with Crippen molar-refractivity contribution < 1.29 is 36.0 Å². The lowest BCUT2D eigenvalue weighted by Gasteiger charge is -2.21. The molecule has 1 aliphatic rings. The molecule has 8 nitrogen and oxygen atoms in total. The van der Waals surface area contributed by atoms with Gasteiger partial charge in [0.2, 0.25) is 6.73 Å². The number of para-hydroxylation sites is 1. The Kier molecular flexibility index (Phi) is 9.34. The predicted octanol–water partition coefficient (Wildman–Crippen LogP) is -0.0937. The molecule has 2 N–H and O–H groups in total. The number of nitrogens with zero attached hydrogens (tertiary/aromatic N) is 3. The number of carbonyl (C=O) groups is 2. The molecule has 1 unspecified atom stereocenters. The third-order valence-electron chi connectivity index (χ3n) is 6.14. The summed E-state index contributed by atoms with van der Waals surface area (Å²) >= 11 is 0. The van der Waals surface area contributed by atoms with Crippen LogP contribution in [0, 0.1) is 12.8 Å². The lowest BCUT2D eigenvalue weighted by atomic mass is 9.85. The van der Waals surface area contributed by atoms with Crippen molar-refractivity contribution in [3.05, 3.63) is 53.7 Å². The van der Waals surface area contributed by atoms with Gasteiger partial charge < -0.3 is 32.2 Å². The molecule has 3 aromatic rings. The van der Waals surface area contributed by atoms with E-state index in [-0.39, 0.29) is 49.9 Å². The summed E-state index contributed by atoms with van der Waals surface area (Å²) in [7, 11) is 2.04. The van der Waals surface area contributed by atoms with Crippen LogP contribution in [0.3, 0.4) is 0 Å². The van der Waals surface area contributed by atoms with Crippen LogP contribution >= 0.6 is 12.4 Å². The van der Waals surface area contributed by atoms with Gasteiger partial charge in [0.25, 0.3) is 5.82 Å². The molecule has 0 bridgehead atoms. The number of nitrogens with two attached hydrogens (primary N) is 1. The largest absolute Gasteiger partial charge is 1.00 e. The number of Topliss-reactive ketones (excluding diaryl/α,β-unsaturated/α-hetero) is 1. The van der Waals surface area contributed by atoms with Crippen molar-refractivity contribution in [3.63, 3.8) is 0 Å². The average molecular weight is 497 g/mol. The molecule has 0 radical (unpaired) electrons. The van der Waals surface area contributed by atoms with Crippen LogP contribution in [0.4, 0.5) is 4.79 Å². The first kappa shape index (κ1) is 26.7. The van der Waals surface area contributed by atoms with E-state index in [0.29, 0.717) is 19.5 Å². The second-order valence-corrected chi connectivity index (χ2v) is 7.98. The fraction of sp³-hybridized carbons (Fsp3) is 0.435. The van der Waals surface area contributed by atoms with Crippen molar-refractivity contribution in [2.45, 2.75) is 39.5 Å². The number of hydrogen-bond donors (Lipinski definition) is 1. The van der Waals surface area contributed by atoms with Crippen molar-refractivity contribution >= 4 is 35.2 Å². The molecule has 0 saturated carbocycles. The van der Waals surface area contributed by atoms with Gasteiger partial charge in [0, 0.05) is 36.1 Å². The number of halogens is 2. The zero-order chi connectivity index (χ0) is 22.0.